The molecule has 2 fully saturated rings. The highest BCUT2D eigenvalue weighted by Crippen LogP contribution is 2.49. The molecule has 3 heterocycles. The van der Waals surface area contributed by atoms with Crippen LogP contribution >= 0.6 is 23.2 Å². The first-order valence-corrected chi connectivity index (χ1v) is 9.82. The van der Waals surface area contributed by atoms with E-state index in [4.69, 9.17) is 37.4 Å². The summed E-state index contributed by atoms with van der Waals surface area (Å²) >= 11 is 12.3. The summed E-state index contributed by atoms with van der Waals surface area (Å²) in [5.74, 6) is -1.43. The fourth-order valence-electron chi connectivity index (χ4n) is 4.19. The van der Waals surface area contributed by atoms with Crippen LogP contribution in [0.5, 0.6) is 5.75 Å². The predicted molar refractivity (Wildman–Crippen MR) is 95.5 cm³/mol. The molecule has 1 saturated carbocycles. The molecule has 1 aliphatic carbocycles. The molecule has 3 aliphatic heterocycles. The zero-order valence-electron chi connectivity index (χ0n) is 14.4. The molecule has 140 valence electrons. The van der Waals surface area contributed by atoms with Gasteiger partial charge in [-0.1, -0.05) is 19.1 Å². The molecular formula is C19H20Cl2O5. The number of esters is 1. The van der Waals surface area contributed by atoms with Crippen LogP contribution < -0.4 is 4.74 Å². The smallest absolute Gasteiger partial charge is 0.322 e. The van der Waals surface area contributed by atoms with Crippen LogP contribution in [-0.2, 0) is 19.1 Å². The molecule has 0 radical (unpaired) electrons. The number of hydrogen-bond acceptors (Lipinski definition) is 5. The molecule has 1 aromatic carbocycles. The summed E-state index contributed by atoms with van der Waals surface area (Å²) in [6, 6.07) is 5.16. The summed E-state index contributed by atoms with van der Waals surface area (Å²) in [7, 11) is 0. The molecule has 0 amide bonds. The van der Waals surface area contributed by atoms with Crippen molar-refractivity contribution in [1.82, 2.24) is 0 Å². The molecular weight excluding hydrogens is 379 g/mol. The van der Waals surface area contributed by atoms with Crippen molar-refractivity contribution in [3.05, 3.63) is 29.3 Å². The fraction of sp³-hybridized carbons (Fsp3) is 0.579. The summed E-state index contributed by atoms with van der Waals surface area (Å²) < 4.78 is 17.8. The number of fused-ring (bicyclic) bond motifs is 4. The zero-order chi connectivity index (χ0) is 18.5. The van der Waals surface area contributed by atoms with E-state index in [0.29, 0.717) is 49.0 Å². The third kappa shape index (κ3) is 2.81. The normalized spacial score (nSPS) is 33.5. The predicted octanol–water partition coefficient (Wildman–Crippen LogP) is 4.20. The standard InChI is InChI=1S/C19H20Cl2O5/c1-2-13-24-10-6-8-19(9-7-10)16(22)15(18(23)26-19)14-11(17(20)21)4-3-5-12(14)25-13/h3-5,10,13,15,17H,2,6-9H2,1H3. The molecule has 0 N–H and O–H groups in total. The number of alkyl halides is 2. The molecule has 1 saturated heterocycles. The highest BCUT2D eigenvalue weighted by molar-refractivity contribution is 6.44. The molecule has 26 heavy (non-hydrogen) atoms. The number of benzene rings is 1. The topological polar surface area (TPSA) is 61.8 Å². The quantitative estimate of drug-likeness (QED) is 0.424. The molecule has 4 aliphatic rings. The second kappa shape index (κ2) is 6.70. The van der Waals surface area contributed by atoms with E-state index in [1.807, 2.05) is 6.92 Å². The van der Waals surface area contributed by atoms with Gasteiger partial charge in [-0.05, 0) is 37.3 Å². The van der Waals surface area contributed by atoms with E-state index in [1.165, 1.54) is 0 Å². The first-order valence-electron chi connectivity index (χ1n) is 8.95. The average Bonchev–Trinajstić information content (AvgIpc) is 2.83. The van der Waals surface area contributed by atoms with Crippen molar-refractivity contribution in [2.24, 2.45) is 0 Å². The van der Waals surface area contributed by atoms with E-state index in [-0.39, 0.29) is 11.9 Å². The minimum Gasteiger partial charge on any atom is -0.465 e. The maximum absolute atomic E-state index is 13.3. The van der Waals surface area contributed by atoms with Gasteiger partial charge in [0.2, 0.25) is 0 Å². The first kappa shape index (κ1) is 18.1. The Labute approximate surface area is 161 Å². The van der Waals surface area contributed by atoms with Crippen LogP contribution in [0.1, 0.15) is 60.9 Å². The molecule has 7 heteroatoms. The van der Waals surface area contributed by atoms with E-state index in [2.05, 4.69) is 0 Å². The third-order valence-electron chi connectivity index (χ3n) is 5.54. The van der Waals surface area contributed by atoms with Gasteiger partial charge in [-0.25, -0.2) is 0 Å². The first-order chi connectivity index (χ1) is 12.4. The van der Waals surface area contributed by atoms with Crippen molar-refractivity contribution >= 4 is 35.0 Å². The number of hydrogen-bond donors (Lipinski definition) is 0. The van der Waals surface area contributed by atoms with Crippen LogP contribution in [0.25, 0.3) is 0 Å². The Bertz CT molecular complexity index is 739. The second-order valence-electron chi connectivity index (χ2n) is 7.06. The largest absolute Gasteiger partial charge is 0.465 e. The lowest BCUT2D eigenvalue weighted by atomic mass is 9.76. The van der Waals surface area contributed by atoms with Crippen LogP contribution in [0, 0.1) is 0 Å². The number of carbonyl (C=O) groups is 2. The summed E-state index contributed by atoms with van der Waals surface area (Å²) in [6.45, 7) is 1.97. The van der Waals surface area contributed by atoms with Gasteiger partial charge in [0.1, 0.15) is 16.5 Å². The van der Waals surface area contributed by atoms with E-state index in [1.54, 1.807) is 18.2 Å². The Morgan fingerprint density at radius 2 is 1.96 bits per heavy atom. The summed E-state index contributed by atoms with van der Waals surface area (Å²) in [4.78, 5) is 25.1. The Morgan fingerprint density at radius 1 is 1.23 bits per heavy atom. The Kier molecular flexibility index (Phi) is 4.66. The maximum atomic E-state index is 13.3. The van der Waals surface area contributed by atoms with E-state index >= 15 is 0 Å². The average molecular weight is 399 g/mol. The van der Waals surface area contributed by atoms with Crippen LogP contribution in [0.3, 0.4) is 0 Å². The number of ether oxygens (including phenoxy) is 3. The second-order valence-corrected chi connectivity index (χ2v) is 8.16. The van der Waals surface area contributed by atoms with Gasteiger partial charge in [0.15, 0.2) is 17.7 Å². The minimum absolute atomic E-state index is 0.0188. The van der Waals surface area contributed by atoms with Crippen molar-refractivity contribution in [3.63, 3.8) is 0 Å². The number of halogens is 2. The summed E-state index contributed by atoms with van der Waals surface area (Å²) in [5, 5.41) is 0. The highest BCUT2D eigenvalue weighted by atomic mass is 35.5. The van der Waals surface area contributed by atoms with Crippen LogP contribution in [0.4, 0.5) is 0 Å². The Morgan fingerprint density at radius 3 is 2.62 bits per heavy atom. The highest BCUT2D eigenvalue weighted by Gasteiger charge is 2.58. The van der Waals surface area contributed by atoms with Gasteiger partial charge in [-0.2, -0.15) is 0 Å². The SMILES string of the molecule is CCC1Oc2cccc(C(Cl)Cl)c2C2C(=O)OC3(CCC(CC3)O1)C2=O. The monoisotopic (exact) mass is 398 g/mol. The van der Waals surface area contributed by atoms with Crippen molar-refractivity contribution in [2.75, 3.05) is 0 Å². The van der Waals surface area contributed by atoms with Crippen LogP contribution in [0.15, 0.2) is 18.2 Å². The summed E-state index contributed by atoms with van der Waals surface area (Å²) in [6.07, 6.45) is 2.41. The lowest BCUT2D eigenvalue weighted by molar-refractivity contribution is -0.168. The molecule has 0 aromatic heterocycles. The van der Waals surface area contributed by atoms with Gasteiger partial charge in [-0.3, -0.25) is 9.59 Å². The summed E-state index contributed by atoms with van der Waals surface area (Å²) in [5.41, 5.74) is -0.171. The number of Topliss-reactive ketones (excluding diaryl/α,β-unsaturated/α-hetero) is 1. The molecule has 1 spiro atoms. The van der Waals surface area contributed by atoms with Crippen LogP contribution in [-0.4, -0.2) is 29.7 Å². The van der Waals surface area contributed by atoms with Crippen molar-refractivity contribution in [2.45, 2.75) is 67.8 Å². The molecule has 1 aromatic rings. The van der Waals surface area contributed by atoms with Gasteiger partial charge in [0.25, 0.3) is 0 Å². The Balaban J connectivity index is 1.90. The molecule has 2 unspecified atom stereocenters. The molecule has 2 atom stereocenters. The molecule has 5 rings (SSSR count). The van der Waals surface area contributed by atoms with Crippen molar-refractivity contribution in [1.29, 1.82) is 0 Å². The number of rotatable bonds is 2. The number of ketones is 1. The van der Waals surface area contributed by atoms with Gasteiger partial charge >= 0.3 is 5.97 Å². The Hall–Kier alpha value is -1.30. The van der Waals surface area contributed by atoms with Gasteiger partial charge < -0.3 is 14.2 Å². The van der Waals surface area contributed by atoms with Gasteiger partial charge in [-0.15, -0.1) is 23.2 Å². The number of carbonyl (C=O) groups excluding carboxylic acids is 2. The van der Waals surface area contributed by atoms with E-state index in [9.17, 15) is 9.59 Å². The zero-order valence-corrected chi connectivity index (χ0v) is 15.9. The fourth-order valence-corrected chi connectivity index (χ4v) is 4.57. The minimum atomic E-state index is -1.06. The molecule has 5 nitrogen and oxygen atoms in total. The van der Waals surface area contributed by atoms with Gasteiger partial charge in [0, 0.05) is 12.0 Å². The van der Waals surface area contributed by atoms with E-state index < -0.39 is 28.6 Å². The molecule has 3 bridgehead atoms. The lowest BCUT2D eigenvalue weighted by Crippen LogP contribution is -2.43. The van der Waals surface area contributed by atoms with E-state index in [0.717, 1.165) is 0 Å². The third-order valence-corrected chi connectivity index (χ3v) is 6.01. The van der Waals surface area contributed by atoms with Crippen molar-refractivity contribution < 1.29 is 23.8 Å². The lowest BCUT2D eigenvalue weighted by Gasteiger charge is -2.35. The van der Waals surface area contributed by atoms with Crippen LogP contribution in [0.2, 0.25) is 0 Å². The van der Waals surface area contributed by atoms with Gasteiger partial charge in [0.05, 0.1) is 6.10 Å². The van der Waals surface area contributed by atoms with Crippen molar-refractivity contribution in [3.8, 4) is 5.75 Å². The maximum Gasteiger partial charge on any atom is 0.322 e.